The lowest BCUT2D eigenvalue weighted by molar-refractivity contribution is 0.170. The molecule has 1 aromatic heterocycles. The number of pyridine rings is 1. The number of hydrogen-bond donors (Lipinski definition) is 0. The Morgan fingerprint density at radius 3 is 2.50 bits per heavy atom. The van der Waals surface area contributed by atoms with E-state index in [4.69, 9.17) is 0 Å². The molecule has 102 valence electrons. The third-order valence-electron chi connectivity index (χ3n) is 3.84. The Kier molecular flexibility index (Phi) is 6.58. The largest absolute Gasteiger partial charge is 0.249 e. The third-order valence-corrected chi connectivity index (χ3v) is 6.11. The Morgan fingerprint density at radius 2 is 1.94 bits per heavy atom. The minimum Gasteiger partial charge on any atom is -0.249 e. The second-order valence-electron chi connectivity index (χ2n) is 5.84. The fourth-order valence-corrected chi connectivity index (χ4v) is 4.14. The minimum atomic E-state index is 0.422. The topological polar surface area (TPSA) is 12.9 Å². The molecule has 1 aromatic rings. The van der Waals surface area contributed by atoms with Crippen molar-refractivity contribution in [3.05, 3.63) is 24.4 Å². The molecule has 0 fully saturated rings. The maximum absolute atomic E-state index is 4.32. The maximum Gasteiger partial charge on any atom is 0.106 e. The summed E-state index contributed by atoms with van der Waals surface area (Å²) in [6.45, 7) is 11.8. The maximum atomic E-state index is 4.32. The highest BCUT2D eigenvalue weighted by Crippen LogP contribution is 2.38. The molecule has 0 saturated carbocycles. The van der Waals surface area contributed by atoms with E-state index in [1.807, 2.05) is 29.1 Å². The molecule has 1 atom stereocenters. The average Bonchev–Trinajstić information content (AvgIpc) is 2.35. The fraction of sp³-hybridized carbons (Fsp3) is 0.667. The highest BCUT2D eigenvalue weighted by molar-refractivity contribution is 8.76. The summed E-state index contributed by atoms with van der Waals surface area (Å²) in [5.41, 5.74) is 0.422. The molecule has 0 N–H and O–H groups in total. The molecule has 0 bridgehead atoms. The van der Waals surface area contributed by atoms with Crippen molar-refractivity contribution in [3.8, 4) is 0 Å². The van der Waals surface area contributed by atoms with Gasteiger partial charge in [-0.15, -0.1) is 0 Å². The van der Waals surface area contributed by atoms with Crippen LogP contribution in [0.15, 0.2) is 29.4 Å². The molecule has 18 heavy (non-hydrogen) atoms. The van der Waals surface area contributed by atoms with Gasteiger partial charge < -0.3 is 0 Å². The smallest absolute Gasteiger partial charge is 0.106 e. The van der Waals surface area contributed by atoms with Crippen molar-refractivity contribution in [3.63, 3.8) is 0 Å². The Balaban J connectivity index is 2.29. The second kappa shape index (κ2) is 7.44. The van der Waals surface area contributed by atoms with E-state index < -0.39 is 0 Å². The van der Waals surface area contributed by atoms with E-state index in [2.05, 4.69) is 45.7 Å². The van der Waals surface area contributed by atoms with Crippen molar-refractivity contribution < 1.29 is 0 Å². The van der Waals surface area contributed by atoms with Crippen LogP contribution in [0, 0.1) is 17.3 Å². The molecule has 1 unspecified atom stereocenters. The van der Waals surface area contributed by atoms with Crippen molar-refractivity contribution in [1.82, 2.24) is 4.98 Å². The zero-order valence-corrected chi connectivity index (χ0v) is 13.8. The lowest BCUT2D eigenvalue weighted by Crippen LogP contribution is -2.26. The summed E-state index contributed by atoms with van der Waals surface area (Å²) in [5, 5.41) is 1.11. The molecule has 0 aromatic carbocycles. The molecule has 3 heteroatoms. The van der Waals surface area contributed by atoms with E-state index in [9.17, 15) is 0 Å². The van der Waals surface area contributed by atoms with Crippen LogP contribution in [0.25, 0.3) is 0 Å². The highest BCUT2D eigenvalue weighted by Gasteiger charge is 2.27. The van der Waals surface area contributed by atoms with Crippen molar-refractivity contribution in [1.29, 1.82) is 0 Å². The van der Waals surface area contributed by atoms with E-state index >= 15 is 0 Å². The first-order chi connectivity index (χ1) is 8.43. The highest BCUT2D eigenvalue weighted by atomic mass is 33.1. The summed E-state index contributed by atoms with van der Waals surface area (Å²) >= 11 is 0. The van der Waals surface area contributed by atoms with E-state index in [-0.39, 0.29) is 0 Å². The van der Waals surface area contributed by atoms with Gasteiger partial charge in [-0.2, -0.15) is 0 Å². The van der Waals surface area contributed by atoms with Gasteiger partial charge in [0.15, 0.2) is 0 Å². The van der Waals surface area contributed by atoms with Crippen LogP contribution in [0.5, 0.6) is 0 Å². The first-order valence-electron chi connectivity index (χ1n) is 6.64. The zero-order valence-electron chi connectivity index (χ0n) is 12.1. The van der Waals surface area contributed by atoms with Crippen LogP contribution >= 0.6 is 21.6 Å². The van der Waals surface area contributed by atoms with Gasteiger partial charge in [0.1, 0.15) is 5.03 Å². The Labute approximate surface area is 120 Å². The van der Waals surface area contributed by atoms with E-state index in [0.29, 0.717) is 5.41 Å². The van der Waals surface area contributed by atoms with E-state index in [1.165, 1.54) is 12.2 Å². The summed E-state index contributed by atoms with van der Waals surface area (Å²) in [7, 11) is 3.70. The third kappa shape index (κ3) is 5.23. The first-order valence-corrected chi connectivity index (χ1v) is 8.96. The molecule has 1 nitrogen and oxygen atoms in total. The van der Waals surface area contributed by atoms with Gasteiger partial charge in [0, 0.05) is 11.9 Å². The Morgan fingerprint density at radius 1 is 1.22 bits per heavy atom. The molecule has 0 aliphatic carbocycles. The van der Waals surface area contributed by atoms with Gasteiger partial charge in [-0.05, 0) is 46.6 Å². The summed E-state index contributed by atoms with van der Waals surface area (Å²) in [4.78, 5) is 4.32. The number of aromatic nitrogens is 1. The average molecular weight is 284 g/mol. The van der Waals surface area contributed by atoms with Gasteiger partial charge in [-0.25, -0.2) is 4.98 Å². The van der Waals surface area contributed by atoms with Gasteiger partial charge in [0.2, 0.25) is 0 Å². The van der Waals surface area contributed by atoms with Crippen LogP contribution in [0.4, 0.5) is 0 Å². The van der Waals surface area contributed by atoms with Gasteiger partial charge in [-0.3, -0.25) is 0 Å². The quantitative estimate of drug-likeness (QED) is 0.482. The standard InChI is InChI=1S/C15H25NS2/c1-12(2)13(3)15(4,5)9-11-17-18-14-8-6-7-10-16-14/h6-8,10,12-13H,9,11H2,1-5H3. The van der Waals surface area contributed by atoms with Gasteiger partial charge in [0.05, 0.1) is 0 Å². The van der Waals surface area contributed by atoms with Crippen LogP contribution in [0.1, 0.15) is 41.0 Å². The summed E-state index contributed by atoms with van der Waals surface area (Å²) in [6, 6.07) is 6.07. The van der Waals surface area contributed by atoms with Gasteiger partial charge >= 0.3 is 0 Å². The van der Waals surface area contributed by atoms with Crippen LogP contribution in [0.3, 0.4) is 0 Å². The van der Waals surface area contributed by atoms with Crippen LogP contribution in [-0.4, -0.2) is 10.7 Å². The molecule has 0 amide bonds. The summed E-state index contributed by atoms with van der Waals surface area (Å²) in [5.74, 6) is 2.71. The molecule has 0 aliphatic rings. The number of hydrogen-bond acceptors (Lipinski definition) is 3. The first kappa shape index (κ1) is 15.9. The Bertz CT molecular complexity index is 336. The Hall–Kier alpha value is -0.150. The molecule has 0 radical (unpaired) electrons. The number of rotatable bonds is 7. The van der Waals surface area contributed by atoms with Crippen molar-refractivity contribution >= 4 is 21.6 Å². The molecular weight excluding hydrogens is 258 g/mol. The van der Waals surface area contributed by atoms with Gasteiger partial charge in [0.25, 0.3) is 0 Å². The SMILES string of the molecule is CC(C)C(C)C(C)(C)CCSSc1ccccn1. The monoisotopic (exact) mass is 283 g/mol. The van der Waals surface area contributed by atoms with Crippen LogP contribution < -0.4 is 0 Å². The van der Waals surface area contributed by atoms with Crippen LogP contribution in [-0.2, 0) is 0 Å². The van der Waals surface area contributed by atoms with E-state index in [0.717, 1.165) is 16.9 Å². The molecule has 0 aliphatic heterocycles. The molecular formula is C15H25NS2. The normalized spacial score (nSPS) is 13.9. The fourth-order valence-electron chi connectivity index (χ4n) is 1.93. The summed E-state index contributed by atoms with van der Waals surface area (Å²) in [6.07, 6.45) is 3.12. The minimum absolute atomic E-state index is 0.422. The lowest BCUT2D eigenvalue weighted by Gasteiger charge is -2.34. The van der Waals surface area contributed by atoms with Crippen molar-refractivity contribution in [2.75, 3.05) is 5.75 Å². The second-order valence-corrected chi connectivity index (χ2v) is 8.28. The molecule has 1 rings (SSSR count). The predicted octanol–water partition coefficient (Wildman–Crippen LogP) is 5.53. The molecule has 0 spiro atoms. The zero-order chi connectivity index (χ0) is 13.6. The van der Waals surface area contributed by atoms with Crippen LogP contribution in [0.2, 0.25) is 0 Å². The summed E-state index contributed by atoms with van der Waals surface area (Å²) < 4.78 is 0. The van der Waals surface area contributed by atoms with Crippen molar-refractivity contribution in [2.24, 2.45) is 17.3 Å². The van der Waals surface area contributed by atoms with Gasteiger partial charge in [-0.1, -0.05) is 51.5 Å². The van der Waals surface area contributed by atoms with Crippen molar-refractivity contribution in [2.45, 2.75) is 46.1 Å². The molecule has 0 saturated heterocycles. The van der Waals surface area contributed by atoms with E-state index in [1.54, 1.807) is 10.8 Å². The predicted molar refractivity (Wildman–Crippen MR) is 85.0 cm³/mol. The molecule has 1 heterocycles. The lowest BCUT2D eigenvalue weighted by atomic mass is 9.72. The number of nitrogens with zero attached hydrogens (tertiary/aromatic N) is 1.